The largest absolute Gasteiger partial charge is 0.480 e. The van der Waals surface area contributed by atoms with Crippen LogP contribution in [0.2, 0.25) is 0 Å². The highest BCUT2D eigenvalue weighted by Crippen LogP contribution is 2.21. The van der Waals surface area contributed by atoms with E-state index in [1.807, 2.05) is 0 Å². The van der Waals surface area contributed by atoms with Crippen molar-refractivity contribution >= 4 is 11.8 Å². The van der Waals surface area contributed by atoms with E-state index in [1.54, 1.807) is 31.4 Å². The number of carbonyl (C=O) groups excluding carboxylic acids is 1. The van der Waals surface area contributed by atoms with Crippen LogP contribution < -0.4 is 5.73 Å². The van der Waals surface area contributed by atoms with Gasteiger partial charge < -0.3 is 15.6 Å². The number of benzene rings is 1. The van der Waals surface area contributed by atoms with E-state index in [1.165, 1.54) is 0 Å². The van der Waals surface area contributed by atoms with Crippen molar-refractivity contribution in [1.82, 2.24) is 0 Å². The molecule has 0 aromatic heterocycles. The van der Waals surface area contributed by atoms with Crippen molar-refractivity contribution in [2.24, 2.45) is 11.7 Å². The third-order valence-corrected chi connectivity index (χ3v) is 4.31. The summed E-state index contributed by atoms with van der Waals surface area (Å²) in [6.45, 7) is 4.20. The number of carboxylic acid groups (broad SMARTS) is 1. The van der Waals surface area contributed by atoms with Crippen LogP contribution in [0.3, 0.4) is 0 Å². The molecule has 5 heteroatoms. The molecular formula is C18H27NO4. The first-order valence-corrected chi connectivity index (χ1v) is 8.06. The number of carboxylic acids is 1. The van der Waals surface area contributed by atoms with E-state index < -0.39 is 12.0 Å². The zero-order valence-corrected chi connectivity index (χ0v) is 14.1. The first kappa shape index (κ1) is 19.3. The number of nitrogens with two attached hydrogens (primary N) is 1. The molecule has 23 heavy (non-hydrogen) atoms. The summed E-state index contributed by atoms with van der Waals surface area (Å²) < 4.78 is 5.49. The Labute approximate surface area is 137 Å². The smallest absolute Gasteiger partial charge is 0.320 e. The number of rotatable bonds is 10. The Hall–Kier alpha value is -1.72. The van der Waals surface area contributed by atoms with Crippen molar-refractivity contribution in [1.29, 1.82) is 0 Å². The molecule has 0 heterocycles. The van der Waals surface area contributed by atoms with Crippen molar-refractivity contribution in [2.45, 2.75) is 51.7 Å². The molecule has 0 bridgehead atoms. The minimum absolute atomic E-state index is 0.0397. The molecule has 0 saturated carbocycles. The Balaban J connectivity index is 2.71. The van der Waals surface area contributed by atoms with E-state index in [2.05, 4.69) is 13.8 Å². The lowest BCUT2D eigenvalue weighted by Gasteiger charge is -2.23. The number of ether oxygens (including phenoxy) is 1. The number of carbonyl (C=O) groups is 2. The van der Waals surface area contributed by atoms with Crippen LogP contribution in [0.4, 0.5) is 0 Å². The fraction of sp³-hybridized carbons (Fsp3) is 0.556. The average molecular weight is 321 g/mol. The number of hydrogen-bond donors (Lipinski definition) is 2. The summed E-state index contributed by atoms with van der Waals surface area (Å²) >= 11 is 0. The van der Waals surface area contributed by atoms with Crippen LogP contribution in [-0.4, -0.2) is 36.1 Å². The Morgan fingerprint density at radius 3 is 2.17 bits per heavy atom. The Bertz CT molecular complexity index is 508. The Morgan fingerprint density at radius 1 is 1.17 bits per heavy atom. The molecule has 2 atom stereocenters. The normalized spacial score (nSPS) is 13.8. The maximum Gasteiger partial charge on any atom is 0.320 e. The van der Waals surface area contributed by atoms with Gasteiger partial charge in [0.05, 0.1) is 6.10 Å². The van der Waals surface area contributed by atoms with Gasteiger partial charge in [-0.1, -0.05) is 51.0 Å². The summed E-state index contributed by atoms with van der Waals surface area (Å²) in [6, 6.07) is 6.05. The molecule has 2 unspecified atom stereocenters. The van der Waals surface area contributed by atoms with Crippen LogP contribution in [0.15, 0.2) is 24.3 Å². The van der Waals surface area contributed by atoms with Crippen LogP contribution in [0, 0.1) is 5.92 Å². The van der Waals surface area contributed by atoms with E-state index in [9.17, 15) is 9.59 Å². The van der Waals surface area contributed by atoms with Crippen molar-refractivity contribution < 1.29 is 19.4 Å². The number of ketones is 1. The van der Waals surface area contributed by atoms with Crippen molar-refractivity contribution in [2.75, 3.05) is 7.11 Å². The lowest BCUT2D eigenvalue weighted by atomic mass is 9.91. The molecule has 0 aliphatic rings. The molecule has 1 aromatic rings. The number of hydrogen-bond acceptors (Lipinski definition) is 4. The monoisotopic (exact) mass is 321 g/mol. The summed E-state index contributed by atoms with van der Waals surface area (Å²) in [4.78, 5) is 23.2. The van der Waals surface area contributed by atoms with Gasteiger partial charge in [0.25, 0.3) is 0 Å². The van der Waals surface area contributed by atoms with Gasteiger partial charge in [-0.3, -0.25) is 9.59 Å². The van der Waals surface area contributed by atoms with E-state index in [-0.39, 0.29) is 18.3 Å². The molecule has 0 radical (unpaired) electrons. The molecule has 128 valence electrons. The minimum atomic E-state index is -1.03. The molecule has 1 aromatic carbocycles. The number of Topliss-reactive ketones (excluding diaryl/α,β-unsaturated/α-hetero) is 1. The summed E-state index contributed by atoms with van der Waals surface area (Å²) in [6.07, 6.45) is 2.50. The minimum Gasteiger partial charge on any atom is -0.480 e. The molecule has 0 fully saturated rings. The Morgan fingerprint density at radius 2 is 1.74 bits per heavy atom. The highest BCUT2D eigenvalue weighted by molar-refractivity contribution is 5.96. The summed E-state index contributed by atoms with van der Waals surface area (Å²) in [5, 5.41) is 8.82. The highest BCUT2D eigenvalue weighted by atomic mass is 16.5. The molecule has 0 amide bonds. The molecular weight excluding hydrogens is 294 g/mol. The first-order chi connectivity index (χ1) is 10.9. The van der Waals surface area contributed by atoms with Gasteiger partial charge in [0.1, 0.15) is 6.04 Å². The third kappa shape index (κ3) is 5.77. The number of methoxy groups -OCH3 is 1. The standard InChI is InChI=1S/C18H27NO4/c1-4-13(5-2)17(23-3)11-16(20)14-8-6-12(7-9-14)10-15(19)18(21)22/h6-9,13,15,17H,4-5,10-11,19H2,1-3H3,(H,21,22). The second-order valence-corrected chi connectivity index (χ2v) is 5.82. The predicted molar refractivity (Wildman–Crippen MR) is 89.6 cm³/mol. The molecule has 0 saturated heterocycles. The van der Waals surface area contributed by atoms with E-state index in [0.29, 0.717) is 17.9 Å². The molecule has 3 N–H and O–H groups in total. The Kier molecular flexibility index (Phi) is 7.92. The fourth-order valence-corrected chi connectivity index (χ4v) is 2.73. The predicted octanol–water partition coefficient (Wildman–Crippen LogP) is 2.67. The zero-order valence-electron chi connectivity index (χ0n) is 14.1. The average Bonchev–Trinajstić information content (AvgIpc) is 2.55. The SMILES string of the molecule is CCC(CC)C(CC(=O)c1ccc(CC(N)C(=O)O)cc1)OC. The molecule has 0 spiro atoms. The van der Waals surface area contributed by atoms with Crippen molar-refractivity contribution in [3.05, 3.63) is 35.4 Å². The molecule has 1 rings (SSSR count). The van der Waals surface area contributed by atoms with Gasteiger partial charge >= 0.3 is 5.97 Å². The second-order valence-electron chi connectivity index (χ2n) is 5.82. The van der Waals surface area contributed by atoms with Gasteiger partial charge in [0.15, 0.2) is 5.78 Å². The van der Waals surface area contributed by atoms with E-state index in [4.69, 9.17) is 15.6 Å². The summed E-state index contributed by atoms with van der Waals surface area (Å²) in [5.74, 6) is -0.618. The second kappa shape index (κ2) is 9.43. The highest BCUT2D eigenvalue weighted by Gasteiger charge is 2.22. The van der Waals surface area contributed by atoms with Gasteiger partial charge in [0.2, 0.25) is 0 Å². The van der Waals surface area contributed by atoms with Gasteiger partial charge in [-0.15, -0.1) is 0 Å². The van der Waals surface area contributed by atoms with Crippen molar-refractivity contribution in [3.63, 3.8) is 0 Å². The summed E-state index contributed by atoms with van der Waals surface area (Å²) in [7, 11) is 1.65. The number of aliphatic carboxylic acids is 1. The van der Waals surface area contributed by atoms with Crippen molar-refractivity contribution in [3.8, 4) is 0 Å². The van der Waals surface area contributed by atoms with Crippen LogP contribution in [0.5, 0.6) is 0 Å². The molecule has 0 aliphatic heterocycles. The first-order valence-electron chi connectivity index (χ1n) is 8.06. The maximum absolute atomic E-state index is 12.4. The lowest BCUT2D eigenvalue weighted by Crippen LogP contribution is -2.32. The quantitative estimate of drug-likeness (QED) is 0.647. The van der Waals surface area contributed by atoms with Gasteiger partial charge in [0, 0.05) is 19.1 Å². The topological polar surface area (TPSA) is 89.6 Å². The molecule has 5 nitrogen and oxygen atoms in total. The van der Waals surface area contributed by atoms with Crippen LogP contribution in [0.1, 0.15) is 49.0 Å². The van der Waals surface area contributed by atoms with E-state index in [0.717, 1.165) is 18.4 Å². The third-order valence-electron chi connectivity index (χ3n) is 4.31. The van der Waals surface area contributed by atoms with Crippen LogP contribution >= 0.6 is 0 Å². The summed E-state index contributed by atoms with van der Waals surface area (Å²) in [5.41, 5.74) is 6.93. The van der Waals surface area contributed by atoms with Gasteiger partial charge in [-0.05, 0) is 17.9 Å². The van der Waals surface area contributed by atoms with Gasteiger partial charge in [-0.2, -0.15) is 0 Å². The van der Waals surface area contributed by atoms with Crippen LogP contribution in [0.25, 0.3) is 0 Å². The van der Waals surface area contributed by atoms with Crippen LogP contribution in [-0.2, 0) is 16.0 Å². The van der Waals surface area contributed by atoms with E-state index >= 15 is 0 Å². The fourth-order valence-electron chi connectivity index (χ4n) is 2.73. The van der Waals surface area contributed by atoms with Gasteiger partial charge in [-0.25, -0.2) is 0 Å². The molecule has 0 aliphatic carbocycles. The maximum atomic E-state index is 12.4. The zero-order chi connectivity index (χ0) is 17.4. The lowest BCUT2D eigenvalue weighted by molar-refractivity contribution is -0.138.